The molecule has 0 radical (unpaired) electrons. The fourth-order valence-corrected chi connectivity index (χ4v) is 2.71. The lowest BCUT2D eigenvalue weighted by Crippen LogP contribution is -2.36. The highest BCUT2D eigenvalue weighted by molar-refractivity contribution is 4.83. The second-order valence-electron chi connectivity index (χ2n) is 5.79. The van der Waals surface area contributed by atoms with Crippen LogP contribution in [0.15, 0.2) is 12.3 Å². The molecule has 0 aliphatic carbocycles. The zero-order valence-electron chi connectivity index (χ0n) is 11.7. The number of rotatable bonds is 6. The van der Waals surface area contributed by atoms with Crippen LogP contribution in [0.1, 0.15) is 39.0 Å². The van der Waals surface area contributed by atoms with Crippen molar-refractivity contribution in [2.75, 3.05) is 32.7 Å². The van der Waals surface area contributed by atoms with E-state index in [-0.39, 0.29) is 0 Å². The first kappa shape index (κ1) is 13.9. The highest BCUT2D eigenvalue weighted by Gasteiger charge is 2.15. The minimum atomic E-state index is 0.394. The maximum atomic E-state index is 5.53. The third kappa shape index (κ3) is 4.99. The van der Waals surface area contributed by atoms with Gasteiger partial charge in [0.1, 0.15) is 6.10 Å². The number of likely N-dealkylation sites (tertiary alicyclic amines) is 1. The Labute approximate surface area is 112 Å². The Morgan fingerprint density at radius 3 is 2.83 bits per heavy atom. The number of piperidine rings is 1. The molecular weight excluding hydrogens is 224 g/mol. The van der Waals surface area contributed by atoms with Crippen LogP contribution in [0.5, 0.6) is 0 Å². The predicted molar refractivity (Wildman–Crippen MR) is 75.6 cm³/mol. The minimum absolute atomic E-state index is 0.394. The van der Waals surface area contributed by atoms with E-state index in [2.05, 4.69) is 23.2 Å². The summed E-state index contributed by atoms with van der Waals surface area (Å²) in [5.41, 5.74) is 0. The van der Waals surface area contributed by atoms with Crippen LogP contribution in [0.25, 0.3) is 0 Å². The molecule has 2 aliphatic heterocycles. The van der Waals surface area contributed by atoms with Gasteiger partial charge < -0.3 is 15.0 Å². The number of nitrogens with zero attached hydrogens (tertiary/aromatic N) is 1. The molecule has 1 fully saturated rings. The Kier molecular flexibility index (Phi) is 6.01. The van der Waals surface area contributed by atoms with Crippen molar-refractivity contribution in [1.82, 2.24) is 10.2 Å². The van der Waals surface area contributed by atoms with E-state index < -0.39 is 0 Å². The van der Waals surface area contributed by atoms with Gasteiger partial charge in [-0.1, -0.05) is 6.92 Å². The Morgan fingerprint density at radius 1 is 1.28 bits per heavy atom. The zero-order chi connectivity index (χ0) is 12.6. The SMILES string of the molecule is CC1CCN(CCCNCC2CCC=CO2)CC1. The van der Waals surface area contributed by atoms with Gasteiger partial charge in [0.05, 0.1) is 6.26 Å². The molecule has 3 nitrogen and oxygen atoms in total. The monoisotopic (exact) mass is 252 g/mol. The largest absolute Gasteiger partial charge is 0.497 e. The van der Waals surface area contributed by atoms with Crippen LogP contribution in [0.3, 0.4) is 0 Å². The van der Waals surface area contributed by atoms with Crippen LogP contribution < -0.4 is 5.32 Å². The van der Waals surface area contributed by atoms with E-state index in [9.17, 15) is 0 Å². The third-order valence-electron chi connectivity index (χ3n) is 4.10. The molecule has 2 aliphatic rings. The van der Waals surface area contributed by atoms with Crippen molar-refractivity contribution < 1.29 is 4.74 Å². The molecular formula is C15H28N2O. The van der Waals surface area contributed by atoms with E-state index in [4.69, 9.17) is 4.74 Å². The molecule has 1 unspecified atom stereocenters. The molecule has 3 heteroatoms. The van der Waals surface area contributed by atoms with Crippen molar-refractivity contribution >= 4 is 0 Å². The van der Waals surface area contributed by atoms with Crippen molar-refractivity contribution in [3.63, 3.8) is 0 Å². The molecule has 1 N–H and O–H groups in total. The van der Waals surface area contributed by atoms with Gasteiger partial charge in [-0.05, 0) is 70.3 Å². The first-order chi connectivity index (χ1) is 8.84. The van der Waals surface area contributed by atoms with Crippen molar-refractivity contribution in [2.24, 2.45) is 5.92 Å². The predicted octanol–water partition coefficient (Wildman–Crippen LogP) is 2.39. The summed E-state index contributed by atoms with van der Waals surface area (Å²) in [4.78, 5) is 2.61. The maximum absolute atomic E-state index is 5.53. The van der Waals surface area contributed by atoms with E-state index >= 15 is 0 Å². The first-order valence-electron chi connectivity index (χ1n) is 7.58. The van der Waals surface area contributed by atoms with Gasteiger partial charge in [-0.2, -0.15) is 0 Å². The molecule has 2 rings (SSSR count). The Balaban J connectivity index is 1.45. The van der Waals surface area contributed by atoms with Crippen LogP contribution in [0, 0.1) is 5.92 Å². The van der Waals surface area contributed by atoms with Gasteiger partial charge >= 0.3 is 0 Å². The molecule has 0 bridgehead atoms. The van der Waals surface area contributed by atoms with Crippen LogP contribution >= 0.6 is 0 Å². The summed E-state index contributed by atoms with van der Waals surface area (Å²) in [6.45, 7) is 8.36. The molecule has 0 spiro atoms. The third-order valence-corrected chi connectivity index (χ3v) is 4.10. The number of hydrogen-bond acceptors (Lipinski definition) is 3. The standard InChI is InChI=1S/C15H28N2O/c1-14-6-10-17(11-7-14)9-4-8-16-13-15-5-2-3-12-18-15/h3,12,14-16H,2,4-11,13H2,1H3. The van der Waals surface area contributed by atoms with Gasteiger partial charge in [-0.15, -0.1) is 0 Å². The molecule has 0 aromatic carbocycles. The summed E-state index contributed by atoms with van der Waals surface area (Å²) in [7, 11) is 0. The second-order valence-corrected chi connectivity index (χ2v) is 5.79. The van der Waals surface area contributed by atoms with Gasteiger partial charge in [0.2, 0.25) is 0 Å². The lowest BCUT2D eigenvalue weighted by atomic mass is 9.99. The van der Waals surface area contributed by atoms with E-state index in [0.29, 0.717) is 6.10 Å². The number of nitrogens with one attached hydrogen (secondary N) is 1. The van der Waals surface area contributed by atoms with Gasteiger partial charge in [-0.3, -0.25) is 0 Å². The summed E-state index contributed by atoms with van der Waals surface area (Å²) >= 11 is 0. The average Bonchev–Trinajstić information content (AvgIpc) is 2.42. The molecule has 1 saturated heterocycles. The van der Waals surface area contributed by atoms with E-state index in [1.165, 1.54) is 38.9 Å². The Morgan fingerprint density at radius 2 is 2.11 bits per heavy atom. The fourth-order valence-electron chi connectivity index (χ4n) is 2.71. The molecule has 1 atom stereocenters. The van der Waals surface area contributed by atoms with Crippen molar-refractivity contribution in [1.29, 1.82) is 0 Å². The Bertz CT molecular complexity index is 247. The second kappa shape index (κ2) is 7.80. The smallest absolute Gasteiger partial charge is 0.110 e. The highest BCUT2D eigenvalue weighted by Crippen LogP contribution is 2.15. The molecule has 0 aromatic heterocycles. The minimum Gasteiger partial charge on any atom is -0.497 e. The maximum Gasteiger partial charge on any atom is 0.110 e. The zero-order valence-corrected chi connectivity index (χ0v) is 11.7. The van der Waals surface area contributed by atoms with Crippen molar-refractivity contribution in [2.45, 2.75) is 45.1 Å². The van der Waals surface area contributed by atoms with Gasteiger partial charge in [-0.25, -0.2) is 0 Å². The first-order valence-corrected chi connectivity index (χ1v) is 7.58. The lowest BCUT2D eigenvalue weighted by molar-refractivity contribution is 0.121. The van der Waals surface area contributed by atoms with E-state index in [1.54, 1.807) is 0 Å². The highest BCUT2D eigenvalue weighted by atomic mass is 16.5. The van der Waals surface area contributed by atoms with Crippen LogP contribution in [-0.4, -0.2) is 43.7 Å². The van der Waals surface area contributed by atoms with Crippen LogP contribution in [0.4, 0.5) is 0 Å². The summed E-state index contributed by atoms with van der Waals surface area (Å²) < 4.78 is 5.53. The Hall–Kier alpha value is -0.540. The van der Waals surface area contributed by atoms with Crippen molar-refractivity contribution in [3.05, 3.63) is 12.3 Å². The number of ether oxygens (including phenoxy) is 1. The summed E-state index contributed by atoms with van der Waals surface area (Å²) in [6, 6.07) is 0. The average molecular weight is 252 g/mol. The van der Waals surface area contributed by atoms with Crippen LogP contribution in [0.2, 0.25) is 0 Å². The number of allylic oxidation sites excluding steroid dienone is 1. The van der Waals surface area contributed by atoms with Gasteiger partial charge in [0.25, 0.3) is 0 Å². The molecule has 104 valence electrons. The fraction of sp³-hybridized carbons (Fsp3) is 0.867. The van der Waals surface area contributed by atoms with Crippen molar-refractivity contribution in [3.8, 4) is 0 Å². The normalized spacial score (nSPS) is 26.2. The molecule has 0 amide bonds. The quantitative estimate of drug-likeness (QED) is 0.735. The topological polar surface area (TPSA) is 24.5 Å². The molecule has 2 heterocycles. The van der Waals surface area contributed by atoms with E-state index in [1.807, 2.05) is 6.26 Å². The van der Waals surface area contributed by atoms with Gasteiger partial charge in [0, 0.05) is 6.54 Å². The van der Waals surface area contributed by atoms with Crippen LogP contribution in [-0.2, 0) is 4.74 Å². The lowest BCUT2D eigenvalue weighted by Gasteiger charge is -2.30. The molecule has 0 aromatic rings. The molecule has 0 saturated carbocycles. The summed E-state index contributed by atoms with van der Waals surface area (Å²) in [6.07, 6.45) is 10.7. The molecule has 18 heavy (non-hydrogen) atoms. The summed E-state index contributed by atoms with van der Waals surface area (Å²) in [5, 5.41) is 3.52. The summed E-state index contributed by atoms with van der Waals surface area (Å²) in [5.74, 6) is 0.941. The van der Waals surface area contributed by atoms with Gasteiger partial charge in [0.15, 0.2) is 0 Å². The number of hydrogen-bond donors (Lipinski definition) is 1. The van der Waals surface area contributed by atoms with E-state index in [0.717, 1.165) is 31.8 Å².